The highest BCUT2D eigenvalue weighted by Gasteiger charge is 2.34. The molecule has 2 heterocycles. The number of ether oxygens (including phenoxy) is 1. The number of nitrogens with one attached hydrogen (secondary N) is 2. The van der Waals surface area contributed by atoms with Crippen LogP contribution >= 0.6 is 11.8 Å². The Hall–Kier alpha value is -3.66. The first kappa shape index (κ1) is 24.5. The van der Waals surface area contributed by atoms with Gasteiger partial charge in [-0.2, -0.15) is 8.78 Å². The third kappa shape index (κ3) is 6.27. The molecule has 7 nitrogen and oxygen atoms in total. The van der Waals surface area contributed by atoms with Crippen molar-refractivity contribution in [1.82, 2.24) is 15.2 Å². The Balaban J connectivity index is 1.22. The van der Waals surface area contributed by atoms with E-state index in [2.05, 4.69) is 15.0 Å². The number of aromatic amines is 1. The maximum absolute atomic E-state index is 12.6. The lowest BCUT2D eigenvalue weighted by Crippen LogP contribution is -2.37. The van der Waals surface area contributed by atoms with Gasteiger partial charge >= 0.3 is 6.61 Å². The number of fused-ring (bicyclic) bond motifs is 1. The number of alkyl halides is 2. The van der Waals surface area contributed by atoms with Crippen LogP contribution < -0.4 is 10.1 Å². The van der Waals surface area contributed by atoms with Gasteiger partial charge in [-0.1, -0.05) is 30.3 Å². The van der Waals surface area contributed by atoms with E-state index in [1.807, 2.05) is 30.5 Å². The van der Waals surface area contributed by atoms with E-state index >= 15 is 0 Å². The van der Waals surface area contributed by atoms with E-state index in [1.165, 1.54) is 30.3 Å². The van der Waals surface area contributed by atoms with E-state index < -0.39 is 17.8 Å². The molecular weight excluding hydrogens is 476 g/mol. The van der Waals surface area contributed by atoms with Crippen molar-refractivity contribution < 1.29 is 27.9 Å². The number of carbonyl (C=O) groups is 3. The number of aryl methyl sites for hydroxylation is 1. The third-order valence-corrected chi connectivity index (χ3v) is 6.37. The van der Waals surface area contributed by atoms with E-state index in [1.54, 1.807) is 0 Å². The Labute approximate surface area is 204 Å². The van der Waals surface area contributed by atoms with Crippen LogP contribution in [0.25, 0.3) is 17.0 Å². The molecule has 182 valence electrons. The maximum atomic E-state index is 12.6. The summed E-state index contributed by atoms with van der Waals surface area (Å²) in [5, 5.41) is 3.48. The summed E-state index contributed by atoms with van der Waals surface area (Å²) in [6.45, 7) is -2.69. The van der Waals surface area contributed by atoms with Gasteiger partial charge in [-0.3, -0.25) is 19.3 Å². The second-order valence-corrected chi connectivity index (χ2v) is 8.84. The van der Waals surface area contributed by atoms with Crippen LogP contribution in [0.2, 0.25) is 0 Å². The monoisotopic (exact) mass is 499 g/mol. The SMILES string of the molecule is O=C(CCCc1c[nH]c2ccccc12)NCCN1C(=O)S/C(=C\c2ccc(OC(F)F)cc2)C1=O. The quantitative estimate of drug-likeness (QED) is 0.386. The molecule has 1 fully saturated rings. The van der Waals surface area contributed by atoms with Crippen LogP contribution in [0.4, 0.5) is 13.6 Å². The lowest BCUT2D eigenvalue weighted by atomic mass is 10.1. The van der Waals surface area contributed by atoms with Gasteiger partial charge in [0.25, 0.3) is 11.1 Å². The maximum Gasteiger partial charge on any atom is 0.387 e. The van der Waals surface area contributed by atoms with E-state index in [4.69, 9.17) is 0 Å². The first-order valence-corrected chi connectivity index (χ1v) is 11.8. The molecule has 0 saturated carbocycles. The Morgan fingerprint density at radius 2 is 1.91 bits per heavy atom. The molecule has 0 aliphatic carbocycles. The molecule has 3 amide bonds. The topological polar surface area (TPSA) is 91.5 Å². The van der Waals surface area contributed by atoms with Gasteiger partial charge in [0.2, 0.25) is 5.91 Å². The molecule has 2 aromatic carbocycles. The van der Waals surface area contributed by atoms with Crippen molar-refractivity contribution in [3.63, 3.8) is 0 Å². The molecule has 1 saturated heterocycles. The van der Waals surface area contributed by atoms with Crippen LogP contribution in [0.1, 0.15) is 24.0 Å². The standard InChI is InChI=1S/C25H23F2N3O4S/c26-24(27)34-18-10-8-16(9-11-18)14-21-23(32)30(25(33)35-21)13-12-28-22(31)7-3-4-17-15-29-20-6-2-1-5-19(17)20/h1-2,5-6,8-11,14-15,24,29H,3-4,7,12-13H2,(H,28,31)/b21-14-. The van der Waals surface area contributed by atoms with Crippen LogP contribution in [0.15, 0.2) is 59.6 Å². The summed E-state index contributed by atoms with van der Waals surface area (Å²) in [6, 6.07) is 13.7. The Morgan fingerprint density at radius 3 is 2.69 bits per heavy atom. The van der Waals surface area contributed by atoms with Crippen molar-refractivity contribution in [3.05, 3.63) is 70.8 Å². The largest absolute Gasteiger partial charge is 0.435 e. The number of halogens is 2. The molecule has 0 radical (unpaired) electrons. The number of imide groups is 1. The minimum absolute atomic E-state index is 0.00227. The number of aromatic nitrogens is 1. The molecule has 1 aromatic heterocycles. The highest BCUT2D eigenvalue weighted by atomic mass is 32.2. The highest BCUT2D eigenvalue weighted by Crippen LogP contribution is 2.32. The molecule has 0 bridgehead atoms. The lowest BCUT2D eigenvalue weighted by Gasteiger charge is -2.13. The van der Waals surface area contributed by atoms with Crippen LogP contribution in [0.5, 0.6) is 5.75 Å². The zero-order valence-corrected chi connectivity index (χ0v) is 19.4. The van der Waals surface area contributed by atoms with Gasteiger partial charge in [0, 0.05) is 36.6 Å². The Bertz CT molecular complexity index is 1260. The number of carbonyl (C=O) groups excluding carboxylic acids is 3. The minimum Gasteiger partial charge on any atom is -0.435 e. The summed E-state index contributed by atoms with van der Waals surface area (Å²) in [6.07, 6.45) is 5.26. The van der Waals surface area contributed by atoms with Crippen molar-refractivity contribution in [2.45, 2.75) is 25.9 Å². The second-order valence-electron chi connectivity index (χ2n) is 7.84. The van der Waals surface area contributed by atoms with Crippen molar-refractivity contribution in [2.75, 3.05) is 13.1 Å². The number of H-pyrrole nitrogens is 1. The average molecular weight is 500 g/mol. The molecular formula is C25H23F2N3O4S. The molecule has 1 aliphatic heterocycles. The van der Waals surface area contributed by atoms with Gasteiger partial charge < -0.3 is 15.0 Å². The number of benzene rings is 2. The summed E-state index contributed by atoms with van der Waals surface area (Å²) < 4.78 is 28.8. The predicted molar refractivity (Wildman–Crippen MR) is 130 cm³/mol. The van der Waals surface area contributed by atoms with Crippen LogP contribution in [-0.2, 0) is 16.0 Å². The van der Waals surface area contributed by atoms with Gasteiger partial charge in [0.15, 0.2) is 0 Å². The molecule has 0 unspecified atom stereocenters. The number of para-hydroxylation sites is 1. The van der Waals surface area contributed by atoms with Gasteiger partial charge in [0.05, 0.1) is 4.91 Å². The molecule has 3 aromatic rings. The highest BCUT2D eigenvalue weighted by molar-refractivity contribution is 8.18. The lowest BCUT2D eigenvalue weighted by molar-refractivity contribution is -0.124. The fourth-order valence-corrected chi connectivity index (χ4v) is 4.63. The predicted octanol–water partition coefficient (Wildman–Crippen LogP) is 4.94. The molecule has 0 spiro atoms. The fraction of sp³-hybridized carbons (Fsp3) is 0.240. The molecule has 1 aliphatic rings. The average Bonchev–Trinajstić information content (AvgIpc) is 3.36. The van der Waals surface area contributed by atoms with E-state index in [-0.39, 0.29) is 29.7 Å². The normalized spacial score (nSPS) is 14.9. The van der Waals surface area contributed by atoms with Crippen LogP contribution in [-0.4, -0.2) is 46.6 Å². The molecule has 2 N–H and O–H groups in total. The number of nitrogens with zero attached hydrogens (tertiary/aromatic N) is 1. The zero-order valence-electron chi connectivity index (χ0n) is 18.6. The molecule has 35 heavy (non-hydrogen) atoms. The number of hydrogen-bond donors (Lipinski definition) is 2. The van der Waals surface area contributed by atoms with Gasteiger partial charge in [-0.05, 0) is 60.0 Å². The first-order chi connectivity index (χ1) is 16.9. The van der Waals surface area contributed by atoms with Gasteiger partial charge in [-0.15, -0.1) is 0 Å². The summed E-state index contributed by atoms with van der Waals surface area (Å²) in [5.74, 6) is -0.595. The van der Waals surface area contributed by atoms with Gasteiger partial charge in [-0.25, -0.2) is 0 Å². The van der Waals surface area contributed by atoms with E-state index in [9.17, 15) is 23.2 Å². The molecule has 0 atom stereocenters. The summed E-state index contributed by atoms with van der Waals surface area (Å²) >= 11 is 0.795. The summed E-state index contributed by atoms with van der Waals surface area (Å²) in [4.78, 5) is 41.6. The van der Waals surface area contributed by atoms with Crippen LogP contribution in [0.3, 0.4) is 0 Å². The Morgan fingerprint density at radius 1 is 1.14 bits per heavy atom. The van der Waals surface area contributed by atoms with Crippen molar-refractivity contribution in [2.24, 2.45) is 0 Å². The van der Waals surface area contributed by atoms with Crippen molar-refractivity contribution in [1.29, 1.82) is 0 Å². The number of hydrogen-bond acceptors (Lipinski definition) is 5. The summed E-state index contributed by atoms with van der Waals surface area (Å²) in [7, 11) is 0. The number of rotatable bonds is 10. The summed E-state index contributed by atoms with van der Waals surface area (Å²) in [5.41, 5.74) is 2.80. The molecule has 10 heteroatoms. The second kappa shape index (κ2) is 11.2. The smallest absolute Gasteiger partial charge is 0.387 e. The number of amides is 3. The molecule has 4 rings (SSSR count). The van der Waals surface area contributed by atoms with Crippen molar-refractivity contribution in [3.8, 4) is 5.75 Å². The number of thioether (sulfide) groups is 1. The van der Waals surface area contributed by atoms with Crippen molar-refractivity contribution >= 4 is 45.8 Å². The van der Waals surface area contributed by atoms with Crippen LogP contribution in [0, 0.1) is 0 Å². The van der Waals surface area contributed by atoms with E-state index in [0.29, 0.717) is 18.4 Å². The van der Waals surface area contributed by atoms with Gasteiger partial charge in [0.1, 0.15) is 5.75 Å². The Kier molecular flexibility index (Phi) is 7.81. The third-order valence-electron chi connectivity index (χ3n) is 5.46. The first-order valence-electron chi connectivity index (χ1n) is 11.0. The van der Waals surface area contributed by atoms with E-state index in [0.717, 1.165) is 39.5 Å². The minimum atomic E-state index is -2.92. The fourth-order valence-electron chi connectivity index (χ4n) is 3.76. The zero-order chi connectivity index (χ0) is 24.8.